The van der Waals surface area contributed by atoms with Gasteiger partial charge in [0.1, 0.15) is 12.7 Å². The third-order valence-electron chi connectivity index (χ3n) is 2.89. The van der Waals surface area contributed by atoms with Crippen LogP contribution < -0.4 is 0 Å². The summed E-state index contributed by atoms with van der Waals surface area (Å²) in [5.74, 6) is 0.0650. The fraction of sp³-hybridized carbons (Fsp3) is 0.462. The number of hydrogen-bond acceptors (Lipinski definition) is 2. The molecule has 17 heavy (non-hydrogen) atoms. The Hall–Kier alpha value is -1.06. The minimum absolute atomic E-state index is 0.0650. The number of ether oxygens (including phenoxy) is 1. The molecular formula is C13H16ClNO2. The fourth-order valence-electron chi connectivity index (χ4n) is 2.03. The predicted molar refractivity (Wildman–Crippen MR) is 67.0 cm³/mol. The molecule has 1 fully saturated rings. The van der Waals surface area contributed by atoms with Crippen molar-refractivity contribution in [1.29, 1.82) is 0 Å². The van der Waals surface area contributed by atoms with Crippen LogP contribution in [0.25, 0.3) is 0 Å². The predicted octanol–water partition coefficient (Wildman–Crippen LogP) is 2.65. The molecule has 1 aliphatic heterocycles. The lowest BCUT2D eigenvalue weighted by molar-refractivity contribution is -0.149. The first-order valence-corrected chi connectivity index (χ1v) is 6.24. The van der Waals surface area contributed by atoms with E-state index in [4.69, 9.17) is 16.3 Å². The second kappa shape index (κ2) is 5.52. The second-order valence-corrected chi connectivity index (χ2v) is 4.57. The van der Waals surface area contributed by atoms with Crippen molar-refractivity contribution in [2.45, 2.75) is 19.4 Å². The van der Waals surface area contributed by atoms with E-state index >= 15 is 0 Å². The molecule has 0 bridgehead atoms. The van der Waals surface area contributed by atoms with Crippen molar-refractivity contribution in [3.63, 3.8) is 0 Å². The minimum atomic E-state index is -0.104. The molecule has 0 radical (unpaired) electrons. The highest BCUT2D eigenvalue weighted by Crippen LogP contribution is 2.28. The van der Waals surface area contributed by atoms with Crippen LogP contribution in [0.2, 0.25) is 5.02 Å². The molecule has 2 rings (SSSR count). The van der Waals surface area contributed by atoms with Gasteiger partial charge < -0.3 is 9.64 Å². The lowest BCUT2D eigenvalue weighted by Crippen LogP contribution is -2.43. The van der Waals surface area contributed by atoms with Crippen molar-refractivity contribution in [2.75, 3.05) is 19.7 Å². The summed E-state index contributed by atoms with van der Waals surface area (Å²) < 4.78 is 5.56. The van der Waals surface area contributed by atoms with E-state index in [9.17, 15) is 4.79 Å². The Bertz CT molecular complexity index is 408. The number of rotatable bonds is 3. The minimum Gasteiger partial charge on any atom is -0.362 e. The zero-order valence-electron chi connectivity index (χ0n) is 9.86. The van der Waals surface area contributed by atoms with Crippen LogP contribution in [0.5, 0.6) is 0 Å². The van der Waals surface area contributed by atoms with Gasteiger partial charge in [-0.15, -0.1) is 0 Å². The number of hydrogen-bond donors (Lipinski definition) is 0. The molecule has 0 aromatic heterocycles. The average Bonchev–Trinajstić information content (AvgIpc) is 2.33. The lowest BCUT2D eigenvalue weighted by atomic mass is 10.1. The molecule has 0 aliphatic carbocycles. The third kappa shape index (κ3) is 2.79. The first-order valence-electron chi connectivity index (χ1n) is 5.86. The number of morpholine rings is 1. The molecular weight excluding hydrogens is 238 g/mol. The second-order valence-electron chi connectivity index (χ2n) is 4.16. The van der Waals surface area contributed by atoms with Gasteiger partial charge in [-0.25, -0.2) is 0 Å². The smallest absolute Gasteiger partial charge is 0.248 e. The maximum Gasteiger partial charge on any atom is 0.248 e. The summed E-state index contributed by atoms with van der Waals surface area (Å²) >= 11 is 6.14. The van der Waals surface area contributed by atoms with Gasteiger partial charge >= 0.3 is 0 Å². The summed E-state index contributed by atoms with van der Waals surface area (Å²) in [5.41, 5.74) is 0.961. The molecule has 1 saturated heterocycles. The molecule has 92 valence electrons. The van der Waals surface area contributed by atoms with Gasteiger partial charge in [0.05, 0.1) is 6.54 Å². The van der Waals surface area contributed by atoms with Crippen LogP contribution in [0.15, 0.2) is 24.3 Å². The van der Waals surface area contributed by atoms with E-state index < -0.39 is 0 Å². The fourth-order valence-corrected chi connectivity index (χ4v) is 2.29. The number of benzene rings is 1. The van der Waals surface area contributed by atoms with Crippen LogP contribution >= 0.6 is 11.6 Å². The van der Waals surface area contributed by atoms with Crippen LogP contribution in [0, 0.1) is 0 Å². The number of amides is 1. The first-order chi connectivity index (χ1) is 8.22. The Morgan fingerprint density at radius 1 is 1.47 bits per heavy atom. The van der Waals surface area contributed by atoms with E-state index in [-0.39, 0.29) is 18.6 Å². The Kier molecular flexibility index (Phi) is 4.02. The molecule has 1 aromatic rings. The zero-order valence-corrected chi connectivity index (χ0v) is 10.6. The first kappa shape index (κ1) is 12.4. The largest absolute Gasteiger partial charge is 0.362 e. The van der Waals surface area contributed by atoms with E-state index in [0.29, 0.717) is 11.6 Å². The summed E-state index contributed by atoms with van der Waals surface area (Å²) in [6.07, 6.45) is 0.856. The number of carbonyl (C=O) groups excluding carboxylic acids is 1. The Balaban J connectivity index is 2.13. The van der Waals surface area contributed by atoms with Gasteiger partial charge in [-0.05, 0) is 12.5 Å². The maximum absolute atomic E-state index is 11.6. The standard InChI is InChI=1S/C13H16ClNO2/c1-2-7-15-8-12(17-9-13(15)16)10-5-3-4-6-11(10)14/h3-6,12H,2,7-9H2,1H3. The number of halogens is 1. The molecule has 3 nitrogen and oxygen atoms in total. The summed E-state index contributed by atoms with van der Waals surface area (Å²) in [4.78, 5) is 13.5. The number of nitrogens with zero attached hydrogens (tertiary/aromatic N) is 1. The highest BCUT2D eigenvalue weighted by molar-refractivity contribution is 6.31. The molecule has 1 amide bonds. The zero-order chi connectivity index (χ0) is 12.3. The molecule has 0 N–H and O–H groups in total. The summed E-state index contributed by atoms with van der Waals surface area (Å²) in [7, 11) is 0. The molecule has 1 aromatic carbocycles. The van der Waals surface area contributed by atoms with Gasteiger partial charge in [0.25, 0.3) is 0 Å². The molecule has 1 aliphatic rings. The van der Waals surface area contributed by atoms with E-state index in [1.54, 1.807) is 0 Å². The van der Waals surface area contributed by atoms with E-state index in [0.717, 1.165) is 18.5 Å². The van der Waals surface area contributed by atoms with Crippen molar-refractivity contribution in [1.82, 2.24) is 4.90 Å². The Morgan fingerprint density at radius 2 is 2.24 bits per heavy atom. The topological polar surface area (TPSA) is 29.5 Å². The Morgan fingerprint density at radius 3 is 2.94 bits per heavy atom. The van der Waals surface area contributed by atoms with Crippen LogP contribution in [0.1, 0.15) is 25.0 Å². The van der Waals surface area contributed by atoms with Crippen molar-refractivity contribution in [3.8, 4) is 0 Å². The summed E-state index contributed by atoms with van der Waals surface area (Å²) in [6, 6.07) is 7.63. The van der Waals surface area contributed by atoms with Gasteiger partial charge in [-0.1, -0.05) is 36.7 Å². The van der Waals surface area contributed by atoms with Crippen molar-refractivity contribution in [3.05, 3.63) is 34.9 Å². The van der Waals surface area contributed by atoms with Crippen molar-refractivity contribution < 1.29 is 9.53 Å². The lowest BCUT2D eigenvalue weighted by Gasteiger charge is -2.33. The molecule has 0 spiro atoms. The number of carbonyl (C=O) groups is 1. The molecule has 1 heterocycles. The van der Waals surface area contributed by atoms with E-state index in [2.05, 4.69) is 6.92 Å². The molecule has 0 saturated carbocycles. The third-order valence-corrected chi connectivity index (χ3v) is 3.24. The van der Waals surface area contributed by atoms with Gasteiger partial charge in [-0.2, -0.15) is 0 Å². The SMILES string of the molecule is CCCN1CC(c2ccccc2Cl)OCC1=O. The van der Waals surface area contributed by atoms with Crippen LogP contribution in [0.3, 0.4) is 0 Å². The van der Waals surface area contributed by atoms with E-state index in [1.165, 1.54) is 0 Å². The summed E-state index contributed by atoms with van der Waals surface area (Å²) in [5, 5.41) is 0.697. The average molecular weight is 254 g/mol. The summed E-state index contributed by atoms with van der Waals surface area (Å²) in [6.45, 7) is 3.59. The van der Waals surface area contributed by atoms with Gasteiger partial charge in [0.15, 0.2) is 0 Å². The normalized spacial score (nSPS) is 20.7. The van der Waals surface area contributed by atoms with Crippen molar-refractivity contribution in [2.24, 2.45) is 0 Å². The van der Waals surface area contributed by atoms with Gasteiger partial charge in [0.2, 0.25) is 5.91 Å². The van der Waals surface area contributed by atoms with Crippen molar-refractivity contribution >= 4 is 17.5 Å². The Labute approximate surface area is 106 Å². The van der Waals surface area contributed by atoms with Gasteiger partial charge in [-0.3, -0.25) is 4.79 Å². The quantitative estimate of drug-likeness (QED) is 0.829. The molecule has 1 atom stereocenters. The van der Waals surface area contributed by atoms with Crippen LogP contribution in [-0.4, -0.2) is 30.5 Å². The van der Waals surface area contributed by atoms with Crippen LogP contribution in [-0.2, 0) is 9.53 Å². The highest BCUT2D eigenvalue weighted by atomic mass is 35.5. The van der Waals surface area contributed by atoms with Gasteiger partial charge in [0, 0.05) is 17.1 Å². The highest BCUT2D eigenvalue weighted by Gasteiger charge is 2.27. The van der Waals surface area contributed by atoms with Crippen LogP contribution in [0.4, 0.5) is 0 Å². The molecule has 4 heteroatoms. The molecule has 1 unspecified atom stereocenters. The van der Waals surface area contributed by atoms with E-state index in [1.807, 2.05) is 29.2 Å². The maximum atomic E-state index is 11.6. The monoisotopic (exact) mass is 253 g/mol.